The summed E-state index contributed by atoms with van der Waals surface area (Å²) in [6, 6.07) is 22.6. The van der Waals surface area contributed by atoms with E-state index < -0.39 is 5.97 Å². The maximum atomic E-state index is 12.3. The van der Waals surface area contributed by atoms with Crippen LogP contribution in [0.2, 0.25) is 0 Å². The first-order valence-electron chi connectivity index (χ1n) is 8.92. The van der Waals surface area contributed by atoms with Gasteiger partial charge in [0.25, 0.3) is 0 Å². The molecule has 0 bridgehead atoms. The van der Waals surface area contributed by atoms with Gasteiger partial charge < -0.3 is 15.2 Å². The topological polar surface area (TPSA) is 75.6 Å². The van der Waals surface area contributed by atoms with Crippen molar-refractivity contribution < 1.29 is 19.4 Å². The van der Waals surface area contributed by atoms with Crippen molar-refractivity contribution in [3.8, 4) is 16.9 Å². The van der Waals surface area contributed by atoms with Crippen LogP contribution in [0.1, 0.15) is 22.3 Å². The number of carboxylic acids is 1. The molecule has 142 valence electrons. The van der Waals surface area contributed by atoms with E-state index in [1.54, 1.807) is 0 Å². The Labute approximate surface area is 163 Å². The Hall–Kier alpha value is -3.60. The molecule has 0 radical (unpaired) electrons. The molecule has 5 nitrogen and oxygen atoms in total. The van der Waals surface area contributed by atoms with E-state index in [1.807, 2.05) is 42.5 Å². The fourth-order valence-electron chi connectivity index (χ4n) is 2.90. The van der Waals surface area contributed by atoms with Gasteiger partial charge in [0.2, 0.25) is 5.91 Å². The van der Waals surface area contributed by atoms with E-state index in [1.165, 1.54) is 25.3 Å². The fraction of sp³-hybridized carbons (Fsp3) is 0.130. The summed E-state index contributed by atoms with van der Waals surface area (Å²) in [5.74, 6) is -0.838. The predicted molar refractivity (Wildman–Crippen MR) is 109 cm³/mol. The van der Waals surface area contributed by atoms with Crippen molar-refractivity contribution in [2.24, 2.45) is 0 Å². The van der Waals surface area contributed by atoms with Crippen molar-refractivity contribution in [2.75, 3.05) is 12.4 Å². The molecule has 0 atom stereocenters. The van der Waals surface area contributed by atoms with Crippen molar-refractivity contribution in [3.05, 3.63) is 83.9 Å². The van der Waals surface area contributed by atoms with Crippen molar-refractivity contribution in [2.45, 2.75) is 12.8 Å². The zero-order chi connectivity index (χ0) is 19.9. The second-order valence-electron chi connectivity index (χ2n) is 6.33. The first-order chi connectivity index (χ1) is 13.6. The van der Waals surface area contributed by atoms with Crippen LogP contribution < -0.4 is 10.1 Å². The van der Waals surface area contributed by atoms with Gasteiger partial charge in [-0.15, -0.1) is 0 Å². The standard InChI is InChI=1S/C23H21NO4/c1-28-21-13-12-19(23(26)27)15-20(21)24-22(25)14-9-16-7-10-18(11-8-16)17-5-3-2-4-6-17/h2-8,10-13,15H,9,14H2,1H3,(H,24,25)(H,26,27). The number of carboxylic acid groups (broad SMARTS) is 1. The summed E-state index contributed by atoms with van der Waals surface area (Å²) in [7, 11) is 1.47. The van der Waals surface area contributed by atoms with Crippen molar-refractivity contribution >= 4 is 17.6 Å². The highest BCUT2D eigenvalue weighted by Crippen LogP contribution is 2.26. The maximum absolute atomic E-state index is 12.3. The molecule has 0 aromatic heterocycles. The number of ether oxygens (including phenoxy) is 1. The number of hydrogen-bond donors (Lipinski definition) is 2. The maximum Gasteiger partial charge on any atom is 0.335 e. The van der Waals surface area contributed by atoms with Crippen LogP contribution in [0.15, 0.2) is 72.8 Å². The Kier molecular flexibility index (Phi) is 6.07. The molecule has 28 heavy (non-hydrogen) atoms. The lowest BCUT2D eigenvalue weighted by atomic mass is 10.0. The van der Waals surface area contributed by atoms with Crippen LogP contribution in [0, 0.1) is 0 Å². The van der Waals surface area contributed by atoms with Gasteiger partial charge in [0.15, 0.2) is 0 Å². The molecule has 0 saturated carbocycles. The van der Waals surface area contributed by atoms with Crippen LogP contribution in [0.5, 0.6) is 5.75 Å². The van der Waals surface area contributed by atoms with Gasteiger partial charge in [-0.1, -0.05) is 54.6 Å². The second kappa shape index (κ2) is 8.86. The third kappa shape index (κ3) is 4.76. The fourth-order valence-corrected chi connectivity index (χ4v) is 2.90. The summed E-state index contributed by atoms with van der Waals surface area (Å²) in [6.07, 6.45) is 0.868. The number of amides is 1. The number of carbonyl (C=O) groups is 2. The van der Waals surface area contributed by atoms with Crippen LogP contribution in [-0.4, -0.2) is 24.1 Å². The third-order valence-electron chi connectivity index (χ3n) is 4.42. The van der Waals surface area contributed by atoms with E-state index in [9.17, 15) is 9.59 Å². The molecular formula is C23H21NO4. The molecular weight excluding hydrogens is 354 g/mol. The van der Waals surface area contributed by atoms with E-state index in [0.717, 1.165) is 16.7 Å². The summed E-state index contributed by atoms with van der Waals surface area (Å²) < 4.78 is 5.19. The summed E-state index contributed by atoms with van der Waals surface area (Å²) in [4.78, 5) is 23.4. The van der Waals surface area contributed by atoms with E-state index in [4.69, 9.17) is 9.84 Å². The number of anilines is 1. The second-order valence-corrected chi connectivity index (χ2v) is 6.33. The minimum Gasteiger partial charge on any atom is -0.495 e. The van der Waals surface area contributed by atoms with Gasteiger partial charge in [0, 0.05) is 6.42 Å². The molecule has 3 rings (SSSR count). The third-order valence-corrected chi connectivity index (χ3v) is 4.42. The number of benzene rings is 3. The molecule has 3 aromatic carbocycles. The molecule has 0 unspecified atom stereocenters. The van der Waals surface area contributed by atoms with E-state index >= 15 is 0 Å². The van der Waals surface area contributed by atoms with Gasteiger partial charge in [-0.3, -0.25) is 4.79 Å². The highest BCUT2D eigenvalue weighted by atomic mass is 16.5. The minimum atomic E-state index is -1.06. The molecule has 0 saturated heterocycles. The van der Waals surface area contributed by atoms with Crippen LogP contribution in [0.25, 0.3) is 11.1 Å². The molecule has 5 heteroatoms. The number of nitrogens with one attached hydrogen (secondary N) is 1. The van der Waals surface area contributed by atoms with Crippen LogP contribution in [0.3, 0.4) is 0 Å². The van der Waals surface area contributed by atoms with Crippen LogP contribution >= 0.6 is 0 Å². The SMILES string of the molecule is COc1ccc(C(=O)O)cc1NC(=O)CCc1ccc(-c2ccccc2)cc1. The predicted octanol–water partition coefficient (Wildman–Crippen LogP) is 4.63. The van der Waals surface area contributed by atoms with E-state index in [-0.39, 0.29) is 17.9 Å². The number of carbonyl (C=O) groups excluding carboxylic acids is 1. The van der Waals surface area contributed by atoms with Gasteiger partial charge in [-0.2, -0.15) is 0 Å². The van der Waals surface area contributed by atoms with Gasteiger partial charge in [-0.05, 0) is 41.3 Å². The molecule has 0 fully saturated rings. The first kappa shape index (κ1) is 19.2. The molecule has 0 aliphatic carbocycles. The molecule has 0 spiro atoms. The summed E-state index contributed by atoms with van der Waals surface area (Å²) in [6.45, 7) is 0. The molecule has 0 aliphatic rings. The van der Waals surface area contributed by atoms with Crippen molar-refractivity contribution in [1.82, 2.24) is 0 Å². The van der Waals surface area contributed by atoms with Gasteiger partial charge in [0.1, 0.15) is 5.75 Å². The van der Waals surface area contributed by atoms with Gasteiger partial charge >= 0.3 is 5.97 Å². The number of methoxy groups -OCH3 is 1. The van der Waals surface area contributed by atoms with Crippen LogP contribution in [0.4, 0.5) is 5.69 Å². The highest BCUT2D eigenvalue weighted by molar-refractivity contribution is 5.95. The molecule has 3 aromatic rings. The first-order valence-corrected chi connectivity index (χ1v) is 8.92. The van der Waals surface area contributed by atoms with E-state index in [2.05, 4.69) is 17.4 Å². The van der Waals surface area contributed by atoms with Gasteiger partial charge in [0.05, 0.1) is 18.4 Å². The monoisotopic (exact) mass is 375 g/mol. The molecule has 0 heterocycles. The number of hydrogen-bond acceptors (Lipinski definition) is 3. The van der Waals surface area contributed by atoms with Crippen molar-refractivity contribution in [3.63, 3.8) is 0 Å². The minimum absolute atomic E-state index is 0.0904. The summed E-state index contributed by atoms with van der Waals surface area (Å²) >= 11 is 0. The highest BCUT2D eigenvalue weighted by Gasteiger charge is 2.12. The summed E-state index contributed by atoms with van der Waals surface area (Å²) in [5.41, 5.74) is 3.78. The van der Waals surface area contributed by atoms with Crippen molar-refractivity contribution in [1.29, 1.82) is 0 Å². The quantitative estimate of drug-likeness (QED) is 0.631. The normalized spacial score (nSPS) is 10.3. The zero-order valence-electron chi connectivity index (χ0n) is 15.5. The molecule has 0 aliphatic heterocycles. The lowest BCUT2D eigenvalue weighted by Crippen LogP contribution is -2.13. The van der Waals surface area contributed by atoms with Gasteiger partial charge in [-0.25, -0.2) is 4.79 Å². The molecule has 1 amide bonds. The number of aromatic carboxylic acids is 1. The molecule has 2 N–H and O–H groups in total. The number of rotatable bonds is 7. The average Bonchev–Trinajstić information content (AvgIpc) is 2.73. The average molecular weight is 375 g/mol. The zero-order valence-corrected chi connectivity index (χ0v) is 15.5. The lowest BCUT2D eigenvalue weighted by molar-refractivity contribution is -0.116. The Morgan fingerprint density at radius 1 is 0.929 bits per heavy atom. The van der Waals surface area contributed by atoms with Crippen LogP contribution in [-0.2, 0) is 11.2 Å². The Morgan fingerprint density at radius 2 is 1.61 bits per heavy atom. The Morgan fingerprint density at radius 3 is 2.25 bits per heavy atom. The lowest BCUT2D eigenvalue weighted by Gasteiger charge is -2.11. The smallest absolute Gasteiger partial charge is 0.335 e. The summed E-state index contributed by atoms with van der Waals surface area (Å²) in [5, 5.41) is 11.8. The van der Waals surface area contributed by atoms with E-state index in [0.29, 0.717) is 17.9 Å². The Balaban J connectivity index is 1.62. The Bertz CT molecular complexity index is 966. The number of aryl methyl sites for hydroxylation is 1. The largest absolute Gasteiger partial charge is 0.495 e.